The summed E-state index contributed by atoms with van der Waals surface area (Å²) < 4.78 is 0. The molecule has 0 amide bonds. The Labute approximate surface area is 238 Å². The molecular formula is C38H36N2. The monoisotopic (exact) mass is 520 g/mol. The third-order valence-electron chi connectivity index (χ3n) is 8.10. The van der Waals surface area contributed by atoms with Gasteiger partial charge < -0.3 is 9.80 Å². The minimum atomic E-state index is -0.126. The highest BCUT2D eigenvalue weighted by molar-refractivity contribution is 5.75. The van der Waals surface area contributed by atoms with E-state index in [2.05, 4.69) is 181 Å². The van der Waals surface area contributed by atoms with Gasteiger partial charge >= 0.3 is 0 Å². The van der Waals surface area contributed by atoms with Gasteiger partial charge in [-0.15, -0.1) is 0 Å². The summed E-state index contributed by atoms with van der Waals surface area (Å²) >= 11 is 0. The first-order valence-corrected chi connectivity index (χ1v) is 14.2. The van der Waals surface area contributed by atoms with Gasteiger partial charge in [0.25, 0.3) is 0 Å². The van der Waals surface area contributed by atoms with Crippen LogP contribution in [0.3, 0.4) is 0 Å². The third-order valence-corrected chi connectivity index (χ3v) is 8.10. The fourth-order valence-electron chi connectivity index (χ4n) is 6.00. The van der Waals surface area contributed by atoms with E-state index >= 15 is 0 Å². The largest absolute Gasteiger partial charge is 0.332 e. The number of hydrogen-bond donors (Lipinski definition) is 0. The number of nitrogens with zero attached hydrogens (tertiary/aromatic N) is 2. The number of anilines is 4. The van der Waals surface area contributed by atoms with Crippen molar-refractivity contribution in [2.24, 2.45) is 0 Å². The van der Waals surface area contributed by atoms with Gasteiger partial charge in [0.2, 0.25) is 0 Å². The van der Waals surface area contributed by atoms with Gasteiger partial charge in [-0.3, -0.25) is 0 Å². The van der Waals surface area contributed by atoms with Crippen molar-refractivity contribution in [2.45, 2.75) is 37.8 Å². The first kappa shape index (κ1) is 25.7. The second-order valence-electron chi connectivity index (χ2n) is 11.1. The quantitative estimate of drug-likeness (QED) is 0.239. The molecule has 0 spiro atoms. The van der Waals surface area contributed by atoms with Crippen LogP contribution in [0.2, 0.25) is 0 Å². The molecule has 0 saturated heterocycles. The summed E-state index contributed by atoms with van der Waals surface area (Å²) in [6.45, 7) is 4.62. The van der Waals surface area contributed by atoms with Crippen molar-refractivity contribution in [2.75, 3.05) is 9.80 Å². The van der Waals surface area contributed by atoms with Gasteiger partial charge in [-0.25, -0.2) is 0 Å². The second kappa shape index (κ2) is 10.9. The molecule has 40 heavy (non-hydrogen) atoms. The Morgan fingerprint density at radius 2 is 0.775 bits per heavy atom. The molecular weight excluding hydrogens is 484 g/mol. The minimum Gasteiger partial charge on any atom is -0.332 e. The summed E-state index contributed by atoms with van der Waals surface area (Å²) in [6, 6.07) is 39.4. The van der Waals surface area contributed by atoms with E-state index in [4.69, 9.17) is 0 Å². The van der Waals surface area contributed by atoms with Crippen molar-refractivity contribution in [1.29, 1.82) is 0 Å². The molecule has 198 valence electrons. The molecule has 0 saturated carbocycles. The lowest BCUT2D eigenvalue weighted by Gasteiger charge is -2.42. The van der Waals surface area contributed by atoms with E-state index in [0.717, 1.165) is 12.8 Å². The number of rotatable bonds is 7. The van der Waals surface area contributed by atoms with Crippen LogP contribution in [-0.4, -0.2) is 11.1 Å². The molecule has 6 rings (SSSR count). The summed E-state index contributed by atoms with van der Waals surface area (Å²) in [6.07, 6.45) is 19.6. The first-order valence-electron chi connectivity index (χ1n) is 14.2. The van der Waals surface area contributed by atoms with Crippen LogP contribution in [0.15, 0.2) is 158 Å². The Morgan fingerprint density at radius 1 is 0.425 bits per heavy atom. The summed E-state index contributed by atoms with van der Waals surface area (Å²) in [5.74, 6) is 0. The molecule has 0 fully saturated rings. The first-order chi connectivity index (χ1) is 19.6. The Kier molecular flexibility index (Phi) is 7.00. The average molecular weight is 521 g/mol. The van der Waals surface area contributed by atoms with E-state index in [-0.39, 0.29) is 11.1 Å². The minimum absolute atomic E-state index is 0.126. The molecule has 0 heterocycles. The number of para-hydroxylation sites is 2. The van der Waals surface area contributed by atoms with E-state index < -0.39 is 0 Å². The van der Waals surface area contributed by atoms with Crippen LogP contribution < -0.4 is 9.80 Å². The van der Waals surface area contributed by atoms with Crippen LogP contribution >= 0.6 is 0 Å². The predicted octanol–water partition coefficient (Wildman–Crippen LogP) is 10.2. The topological polar surface area (TPSA) is 6.48 Å². The molecule has 2 unspecified atom stereocenters. The zero-order valence-corrected chi connectivity index (χ0v) is 23.3. The molecule has 2 aliphatic rings. The van der Waals surface area contributed by atoms with Crippen LogP contribution in [0.1, 0.15) is 26.7 Å². The summed E-state index contributed by atoms with van der Waals surface area (Å²) in [7, 11) is 0. The second-order valence-corrected chi connectivity index (χ2v) is 11.1. The predicted molar refractivity (Wildman–Crippen MR) is 172 cm³/mol. The van der Waals surface area contributed by atoms with E-state index in [1.165, 1.54) is 33.9 Å². The van der Waals surface area contributed by atoms with E-state index in [1.54, 1.807) is 0 Å². The standard InChI is InChI=1S/C38H36N2/c1-37(27-11-5-12-28-37)39(33-15-7-3-8-16-33)35-23-19-31(20-24-35)32-21-25-36(26-22-32)40(34-17-9-4-10-18-34)38(2)29-13-6-14-30-38/h3-27,29H,28,30H2,1-2H3. The van der Waals surface area contributed by atoms with E-state index in [9.17, 15) is 0 Å². The highest BCUT2D eigenvalue weighted by Gasteiger charge is 2.32. The lowest BCUT2D eigenvalue weighted by atomic mass is 9.89. The van der Waals surface area contributed by atoms with Crippen molar-refractivity contribution in [3.05, 3.63) is 158 Å². The van der Waals surface area contributed by atoms with Gasteiger partial charge in [-0.1, -0.05) is 109 Å². The molecule has 0 bridgehead atoms. The Bertz CT molecular complexity index is 1420. The highest BCUT2D eigenvalue weighted by Crippen LogP contribution is 2.40. The SMILES string of the molecule is CC1(N(c2ccccc2)c2ccc(-c3ccc(N(c4ccccc4)C4(C)C=CC=CC4)cc3)cc2)C=CC=CC1. The number of allylic oxidation sites excluding steroid dienone is 4. The van der Waals surface area contributed by atoms with E-state index in [1.807, 2.05) is 0 Å². The smallest absolute Gasteiger partial charge is 0.0642 e. The van der Waals surface area contributed by atoms with Crippen LogP contribution in [-0.2, 0) is 0 Å². The van der Waals surface area contributed by atoms with Gasteiger partial charge in [0.1, 0.15) is 0 Å². The van der Waals surface area contributed by atoms with Crippen LogP contribution in [0, 0.1) is 0 Å². The fourth-order valence-corrected chi connectivity index (χ4v) is 6.00. The Balaban J connectivity index is 1.31. The molecule has 2 aliphatic carbocycles. The molecule has 0 aromatic heterocycles. The highest BCUT2D eigenvalue weighted by atomic mass is 15.2. The molecule has 2 nitrogen and oxygen atoms in total. The molecule has 0 radical (unpaired) electrons. The molecule has 4 aromatic rings. The molecule has 0 N–H and O–H groups in total. The van der Waals surface area contributed by atoms with Crippen LogP contribution in [0.5, 0.6) is 0 Å². The number of hydrogen-bond acceptors (Lipinski definition) is 2. The lowest BCUT2D eigenvalue weighted by Crippen LogP contribution is -2.42. The van der Waals surface area contributed by atoms with Crippen molar-refractivity contribution in [3.8, 4) is 11.1 Å². The van der Waals surface area contributed by atoms with Crippen molar-refractivity contribution in [1.82, 2.24) is 0 Å². The van der Waals surface area contributed by atoms with Crippen LogP contribution in [0.25, 0.3) is 11.1 Å². The maximum absolute atomic E-state index is 2.45. The molecule has 0 aliphatic heterocycles. The Hall–Kier alpha value is -4.56. The van der Waals surface area contributed by atoms with E-state index in [0.29, 0.717) is 0 Å². The molecule has 4 aromatic carbocycles. The average Bonchev–Trinajstić information content (AvgIpc) is 3.00. The zero-order chi connectivity index (χ0) is 27.4. The summed E-state index contributed by atoms with van der Waals surface area (Å²) in [5.41, 5.74) is 6.95. The zero-order valence-electron chi connectivity index (χ0n) is 23.3. The van der Waals surface area contributed by atoms with Crippen LogP contribution in [0.4, 0.5) is 22.7 Å². The third kappa shape index (κ3) is 5.05. The Morgan fingerprint density at radius 3 is 1.10 bits per heavy atom. The summed E-state index contributed by atoms with van der Waals surface area (Å²) in [5, 5.41) is 0. The van der Waals surface area contributed by atoms with Gasteiger partial charge in [0.15, 0.2) is 0 Å². The molecule has 2 heteroatoms. The van der Waals surface area contributed by atoms with Gasteiger partial charge in [0.05, 0.1) is 11.1 Å². The maximum atomic E-state index is 2.45. The lowest BCUT2D eigenvalue weighted by molar-refractivity contribution is 0.570. The fraction of sp³-hybridized carbons (Fsp3) is 0.158. The van der Waals surface area contributed by atoms with Gasteiger partial charge in [-0.2, -0.15) is 0 Å². The normalized spacial score (nSPS) is 21.4. The number of benzene rings is 4. The van der Waals surface area contributed by atoms with Crippen molar-refractivity contribution >= 4 is 22.7 Å². The van der Waals surface area contributed by atoms with Gasteiger partial charge in [-0.05, 0) is 86.3 Å². The van der Waals surface area contributed by atoms with Gasteiger partial charge in [0, 0.05) is 22.7 Å². The van der Waals surface area contributed by atoms with Crippen molar-refractivity contribution < 1.29 is 0 Å². The molecule has 2 atom stereocenters. The summed E-state index contributed by atoms with van der Waals surface area (Å²) in [4.78, 5) is 4.90. The van der Waals surface area contributed by atoms with Crippen molar-refractivity contribution in [3.63, 3.8) is 0 Å². The maximum Gasteiger partial charge on any atom is 0.0642 e.